The minimum absolute atomic E-state index is 0.0108. The number of furan rings is 1. The van der Waals surface area contributed by atoms with Crippen molar-refractivity contribution in [3.05, 3.63) is 95.6 Å². The highest BCUT2D eigenvalue weighted by molar-refractivity contribution is 7.47. The van der Waals surface area contributed by atoms with Crippen molar-refractivity contribution in [3.63, 3.8) is 0 Å². The Bertz CT molecular complexity index is 1690. The number of aliphatic hydroxyl groups excluding tert-OH is 2. The number of ether oxygens (including phenoxy) is 2. The number of carbonyl (C=O) groups is 2. The van der Waals surface area contributed by atoms with Crippen molar-refractivity contribution in [3.8, 4) is 0 Å². The Hall–Kier alpha value is -3.35. The summed E-state index contributed by atoms with van der Waals surface area (Å²) in [7, 11) is 1.34. The van der Waals surface area contributed by atoms with Gasteiger partial charge in [0.25, 0.3) is 0 Å². The zero-order valence-electron chi connectivity index (χ0n) is 42.5. The second-order valence-corrected chi connectivity index (χ2v) is 19.9. The molecule has 12 nitrogen and oxygen atoms in total. The lowest BCUT2D eigenvalue weighted by Gasteiger charge is -2.24. The van der Waals surface area contributed by atoms with E-state index in [2.05, 4.69) is 20.8 Å². The molecule has 1 aromatic heterocycles. The molecule has 3 N–H and O–H groups in total. The molecule has 0 saturated carbocycles. The molecule has 0 bridgehead atoms. The first-order valence-electron chi connectivity index (χ1n) is 25.2. The Morgan fingerprint density at radius 3 is 1.76 bits per heavy atom. The smallest absolute Gasteiger partial charge is 0.466 e. The first-order chi connectivity index (χ1) is 32.1. The van der Waals surface area contributed by atoms with Crippen LogP contribution in [0.15, 0.2) is 77.3 Å². The molecular weight excluding hydrogens is 870 g/mol. The molecule has 0 spiro atoms. The molecule has 0 radical (unpaired) electrons. The van der Waals surface area contributed by atoms with Gasteiger partial charge in [0.05, 0.1) is 40.0 Å². The predicted octanol–water partition coefficient (Wildman–Crippen LogP) is 12.2. The molecular formula is C54H91NO11P+. The topological polar surface area (TPSA) is 162 Å². The van der Waals surface area contributed by atoms with E-state index < -0.39 is 44.7 Å². The van der Waals surface area contributed by atoms with Gasteiger partial charge in [-0.2, -0.15) is 0 Å². The summed E-state index contributed by atoms with van der Waals surface area (Å²) >= 11 is 0. The fourth-order valence-electron chi connectivity index (χ4n) is 6.86. The maximum absolute atomic E-state index is 12.7. The van der Waals surface area contributed by atoms with E-state index in [0.717, 1.165) is 44.9 Å². The molecule has 1 aromatic rings. The van der Waals surface area contributed by atoms with Crippen LogP contribution in [0.4, 0.5) is 0 Å². The number of phosphoric acid groups is 1. The van der Waals surface area contributed by atoms with Gasteiger partial charge in [0, 0.05) is 25.7 Å². The quantitative estimate of drug-likeness (QED) is 0.0143. The van der Waals surface area contributed by atoms with Gasteiger partial charge in [-0.05, 0) is 76.3 Å². The van der Waals surface area contributed by atoms with Gasteiger partial charge in [-0.25, -0.2) is 4.57 Å². The van der Waals surface area contributed by atoms with Crippen molar-refractivity contribution >= 4 is 19.8 Å². The van der Waals surface area contributed by atoms with Gasteiger partial charge >= 0.3 is 19.8 Å². The van der Waals surface area contributed by atoms with Crippen molar-refractivity contribution in [2.75, 3.05) is 47.5 Å². The molecule has 0 amide bonds. The molecule has 382 valence electrons. The van der Waals surface area contributed by atoms with Crippen LogP contribution >= 0.6 is 7.82 Å². The van der Waals surface area contributed by atoms with Crippen LogP contribution in [0.5, 0.6) is 0 Å². The highest BCUT2D eigenvalue weighted by Crippen LogP contribution is 2.43. The number of hydrogen-bond donors (Lipinski definition) is 3. The Morgan fingerprint density at radius 2 is 1.19 bits per heavy atom. The largest absolute Gasteiger partial charge is 0.472 e. The van der Waals surface area contributed by atoms with Crippen LogP contribution in [0.1, 0.15) is 165 Å². The van der Waals surface area contributed by atoms with Gasteiger partial charge in [-0.3, -0.25) is 18.6 Å². The second kappa shape index (κ2) is 38.5. The molecule has 0 aromatic carbocycles. The zero-order chi connectivity index (χ0) is 49.6. The SMILES string of the molecule is CC/C=C\C[C@H](O)/C=C/C=C\C=C\[C@H](O)C/C=C\C/C=C\CCC(=O)O[C@H](COC(=O)CCCCCCCCCCCCc1oc(CCCCC)c(C)c1C)COP(=O)(O)OCC[N+](C)(C)C. The summed E-state index contributed by atoms with van der Waals surface area (Å²) in [5, 5.41) is 20.0. The number of likely N-dealkylation sites (N-methyl/N-ethyl adjacent to an activating group) is 1. The minimum Gasteiger partial charge on any atom is -0.466 e. The summed E-state index contributed by atoms with van der Waals surface area (Å²) in [6, 6.07) is 0. The number of phosphoric ester groups is 1. The maximum atomic E-state index is 12.7. The Labute approximate surface area is 405 Å². The van der Waals surface area contributed by atoms with Gasteiger partial charge in [-0.15, -0.1) is 0 Å². The van der Waals surface area contributed by atoms with Gasteiger partial charge in [0.1, 0.15) is 31.3 Å². The number of quaternary nitrogens is 1. The standard InChI is InChI=1S/C54H90NO11P/c1-8-10-26-34-48(56)36-29-24-25-30-37-49(57)35-28-20-18-19-23-33-41-54(59)65-50(45-64-67(60,61)63-43-42-55(5,6)7)44-62-53(58)40-32-22-17-15-13-12-14-16-21-31-39-52-47(4)46(3)51(66-52)38-27-11-9-2/h10,19-20,23-26,28-30,36-37,48-50,56-57H,8-9,11-18,21-22,27,31-35,38-45H2,1-7H3/p+1/b23-19-,25-24-,26-10-,28-20-,36-29+,37-30+/t48-,49+,50+/m0/s1. The van der Waals surface area contributed by atoms with Crippen LogP contribution in [-0.2, 0) is 45.5 Å². The molecule has 1 unspecified atom stereocenters. The van der Waals surface area contributed by atoms with E-state index in [1.807, 2.05) is 64.5 Å². The predicted molar refractivity (Wildman–Crippen MR) is 272 cm³/mol. The average Bonchev–Trinajstić information content (AvgIpc) is 3.54. The van der Waals surface area contributed by atoms with Crippen LogP contribution in [0, 0.1) is 13.8 Å². The number of aryl methyl sites for hydroxylation is 2. The maximum Gasteiger partial charge on any atom is 0.472 e. The van der Waals surface area contributed by atoms with E-state index in [-0.39, 0.29) is 26.1 Å². The summed E-state index contributed by atoms with van der Waals surface area (Å²) in [5.41, 5.74) is 2.68. The Morgan fingerprint density at radius 1 is 0.657 bits per heavy atom. The molecule has 0 saturated heterocycles. The Kier molecular flexibility index (Phi) is 35.4. The Balaban J connectivity index is 2.39. The van der Waals surface area contributed by atoms with E-state index in [4.69, 9.17) is 22.9 Å². The first-order valence-corrected chi connectivity index (χ1v) is 26.7. The molecule has 13 heteroatoms. The van der Waals surface area contributed by atoms with Crippen molar-refractivity contribution in [1.29, 1.82) is 0 Å². The third-order valence-electron chi connectivity index (χ3n) is 11.1. The van der Waals surface area contributed by atoms with E-state index in [1.165, 1.54) is 74.0 Å². The molecule has 0 aliphatic rings. The molecule has 0 aliphatic carbocycles. The van der Waals surface area contributed by atoms with Crippen LogP contribution in [0.2, 0.25) is 0 Å². The molecule has 1 heterocycles. The van der Waals surface area contributed by atoms with E-state index >= 15 is 0 Å². The number of unbranched alkanes of at least 4 members (excludes halogenated alkanes) is 11. The molecule has 4 atom stereocenters. The van der Waals surface area contributed by atoms with E-state index in [9.17, 15) is 29.3 Å². The second-order valence-electron chi connectivity index (χ2n) is 18.5. The highest BCUT2D eigenvalue weighted by atomic mass is 31.2. The monoisotopic (exact) mass is 961 g/mol. The van der Waals surface area contributed by atoms with Gasteiger partial charge in [0.15, 0.2) is 6.10 Å². The molecule has 0 aliphatic heterocycles. The lowest BCUT2D eigenvalue weighted by atomic mass is 10.0. The zero-order valence-corrected chi connectivity index (χ0v) is 43.4. The van der Waals surface area contributed by atoms with Crippen LogP contribution in [-0.4, -0.2) is 97.3 Å². The summed E-state index contributed by atoms with van der Waals surface area (Å²) in [5.74, 6) is 1.37. The van der Waals surface area contributed by atoms with E-state index in [0.29, 0.717) is 43.1 Å². The van der Waals surface area contributed by atoms with Crippen LogP contribution in [0.3, 0.4) is 0 Å². The number of esters is 2. The van der Waals surface area contributed by atoms with Crippen molar-refractivity contribution in [2.24, 2.45) is 0 Å². The van der Waals surface area contributed by atoms with Gasteiger partial charge in [0.2, 0.25) is 0 Å². The molecule has 0 fully saturated rings. The summed E-state index contributed by atoms with van der Waals surface area (Å²) in [4.78, 5) is 35.6. The third-order valence-corrected chi connectivity index (χ3v) is 12.1. The fraction of sp³-hybridized carbons (Fsp3) is 0.667. The number of hydrogen-bond acceptors (Lipinski definition) is 10. The van der Waals surface area contributed by atoms with Crippen LogP contribution < -0.4 is 0 Å². The van der Waals surface area contributed by atoms with Crippen molar-refractivity contribution in [2.45, 2.75) is 187 Å². The fourth-order valence-corrected chi connectivity index (χ4v) is 7.61. The lowest BCUT2D eigenvalue weighted by Crippen LogP contribution is -2.37. The van der Waals surface area contributed by atoms with Crippen LogP contribution in [0.25, 0.3) is 0 Å². The molecule has 1 rings (SSSR count). The van der Waals surface area contributed by atoms with Gasteiger partial charge in [-0.1, -0.05) is 151 Å². The highest BCUT2D eigenvalue weighted by Gasteiger charge is 2.27. The average molecular weight is 961 g/mol. The number of allylic oxidation sites excluding steroid dienone is 8. The van der Waals surface area contributed by atoms with Gasteiger partial charge < -0.3 is 33.5 Å². The third kappa shape index (κ3) is 35.4. The van der Waals surface area contributed by atoms with E-state index in [1.54, 1.807) is 36.5 Å². The lowest BCUT2D eigenvalue weighted by molar-refractivity contribution is -0.870. The number of aliphatic hydroxyl groups is 2. The number of carbonyl (C=O) groups excluding carboxylic acids is 2. The summed E-state index contributed by atoms with van der Waals surface area (Å²) < 4.78 is 40.5. The van der Waals surface area contributed by atoms with Crippen molar-refractivity contribution < 1.29 is 56.7 Å². The summed E-state index contributed by atoms with van der Waals surface area (Å²) in [6.07, 6.45) is 39.9. The number of rotatable bonds is 41. The van der Waals surface area contributed by atoms with Crippen molar-refractivity contribution in [1.82, 2.24) is 0 Å². The molecule has 67 heavy (non-hydrogen) atoms. The number of nitrogens with zero attached hydrogens (tertiary/aromatic N) is 1. The first kappa shape index (κ1) is 61.7. The minimum atomic E-state index is -4.44. The summed E-state index contributed by atoms with van der Waals surface area (Å²) in [6.45, 7) is 8.35. The normalized spacial score (nSPS) is 15.0.